The molecule has 0 aliphatic carbocycles. The number of aromatic nitrogens is 1. The Hall–Kier alpha value is -2.81. The first-order valence-electron chi connectivity index (χ1n) is 8.14. The van der Waals surface area contributed by atoms with Crippen LogP contribution in [0.25, 0.3) is 22.4 Å². The smallest absolute Gasteiger partial charge is 0.339 e. The number of ether oxygens (including phenoxy) is 1. The van der Waals surface area contributed by atoms with Gasteiger partial charge in [0.15, 0.2) is 0 Å². The Bertz CT molecular complexity index is 863. The van der Waals surface area contributed by atoms with Crippen LogP contribution in [0.2, 0.25) is 0 Å². The van der Waals surface area contributed by atoms with Gasteiger partial charge in [0.05, 0.1) is 12.2 Å². The summed E-state index contributed by atoms with van der Waals surface area (Å²) in [5.41, 5.74) is 6.96. The molecule has 122 valence electrons. The number of rotatable bonds is 4. The van der Waals surface area contributed by atoms with Crippen molar-refractivity contribution in [2.45, 2.75) is 20.8 Å². The number of hydrogen-bond donors (Lipinski definition) is 1. The lowest BCUT2D eigenvalue weighted by Gasteiger charge is -2.12. The minimum absolute atomic E-state index is 0.286. The normalized spacial score (nSPS) is 10.6. The van der Waals surface area contributed by atoms with Crippen molar-refractivity contribution in [1.82, 2.24) is 4.98 Å². The van der Waals surface area contributed by atoms with E-state index in [9.17, 15) is 4.79 Å². The fourth-order valence-electron chi connectivity index (χ4n) is 3.00. The molecule has 0 atom stereocenters. The van der Waals surface area contributed by atoms with Crippen LogP contribution in [0.3, 0.4) is 0 Å². The van der Waals surface area contributed by atoms with Gasteiger partial charge in [0.2, 0.25) is 0 Å². The molecule has 3 rings (SSSR count). The number of nitrogens with one attached hydrogen (secondary N) is 1. The van der Waals surface area contributed by atoms with Crippen LogP contribution in [0.1, 0.15) is 28.5 Å². The number of hydrogen-bond acceptors (Lipinski definition) is 2. The van der Waals surface area contributed by atoms with Gasteiger partial charge in [-0.3, -0.25) is 0 Å². The maximum Gasteiger partial charge on any atom is 0.339 e. The molecule has 0 spiro atoms. The average Bonchev–Trinajstić information content (AvgIpc) is 2.97. The van der Waals surface area contributed by atoms with Gasteiger partial charge in [0, 0.05) is 17.0 Å². The molecule has 0 bridgehead atoms. The third-order valence-electron chi connectivity index (χ3n) is 4.14. The zero-order valence-electron chi connectivity index (χ0n) is 14.2. The summed E-state index contributed by atoms with van der Waals surface area (Å²) in [6.07, 6.45) is 0. The second-order valence-corrected chi connectivity index (χ2v) is 5.81. The summed E-state index contributed by atoms with van der Waals surface area (Å²) in [5, 5.41) is 0. The van der Waals surface area contributed by atoms with Gasteiger partial charge in [-0.05, 0) is 43.5 Å². The molecule has 0 fully saturated rings. The molecule has 0 unspecified atom stereocenters. The average molecular weight is 319 g/mol. The van der Waals surface area contributed by atoms with Gasteiger partial charge in [-0.15, -0.1) is 0 Å². The summed E-state index contributed by atoms with van der Waals surface area (Å²) >= 11 is 0. The first kappa shape index (κ1) is 16.1. The number of carbonyl (C=O) groups is 1. The number of aromatic amines is 1. The largest absolute Gasteiger partial charge is 0.462 e. The molecule has 3 nitrogen and oxygen atoms in total. The van der Waals surface area contributed by atoms with Crippen molar-refractivity contribution in [3.8, 4) is 22.4 Å². The van der Waals surface area contributed by atoms with Gasteiger partial charge in [-0.25, -0.2) is 4.79 Å². The molecule has 0 saturated heterocycles. The molecule has 2 aromatic carbocycles. The van der Waals surface area contributed by atoms with E-state index in [4.69, 9.17) is 4.74 Å². The fraction of sp³-hybridized carbons (Fsp3) is 0.190. The van der Waals surface area contributed by atoms with E-state index in [-0.39, 0.29) is 5.97 Å². The summed E-state index contributed by atoms with van der Waals surface area (Å²) in [6, 6.07) is 18.4. The molecule has 3 aromatic rings. The Labute approximate surface area is 142 Å². The molecule has 0 aliphatic rings. The van der Waals surface area contributed by atoms with Crippen molar-refractivity contribution in [3.63, 3.8) is 0 Å². The molecule has 1 heterocycles. The lowest BCUT2D eigenvalue weighted by molar-refractivity contribution is 0.0526. The minimum Gasteiger partial charge on any atom is -0.462 e. The highest BCUT2D eigenvalue weighted by Gasteiger charge is 2.17. The van der Waals surface area contributed by atoms with Gasteiger partial charge < -0.3 is 9.72 Å². The number of aryl methyl sites for hydroxylation is 2. The van der Waals surface area contributed by atoms with Crippen molar-refractivity contribution in [3.05, 3.63) is 71.4 Å². The fourth-order valence-corrected chi connectivity index (χ4v) is 3.00. The SMILES string of the molecule is CCOC(=O)c1cc(-c2cccc(C)c2-c2ccccc2)[nH]c1C. The highest BCUT2D eigenvalue weighted by molar-refractivity contribution is 5.94. The third kappa shape index (κ3) is 2.98. The first-order chi connectivity index (χ1) is 11.6. The van der Waals surface area contributed by atoms with E-state index in [2.05, 4.69) is 36.2 Å². The number of carbonyl (C=O) groups excluding carboxylic acids is 1. The van der Waals surface area contributed by atoms with E-state index in [0.717, 1.165) is 22.5 Å². The quantitative estimate of drug-likeness (QED) is 0.676. The van der Waals surface area contributed by atoms with Crippen LogP contribution < -0.4 is 0 Å². The van der Waals surface area contributed by atoms with Gasteiger partial charge in [0.25, 0.3) is 0 Å². The van der Waals surface area contributed by atoms with Crippen LogP contribution in [-0.4, -0.2) is 17.6 Å². The van der Waals surface area contributed by atoms with E-state index in [0.29, 0.717) is 12.2 Å². The van der Waals surface area contributed by atoms with Crippen LogP contribution in [-0.2, 0) is 4.74 Å². The Kier molecular flexibility index (Phi) is 4.52. The number of H-pyrrole nitrogens is 1. The standard InChI is InChI=1S/C21H21NO2/c1-4-24-21(23)18-13-19(22-15(18)3)17-12-8-9-14(2)20(17)16-10-6-5-7-11-16/h5-13,22H,4H2,1-3H3. The molecule has 1 aromatic heterocycles. The van der Waals surface area contributed by atoms with Crippen LogP contribution in [0.15, 0.2) is 54.6 Å². The summed E-state index contributed by atoms with van der Waals surface area (Å²) in [6.45, 7) is 6.19. The summed E-state index contributed by atoms with van der Waals surface area (Å²) in [4.78, 5) is 15.4. The maximum atomic E-state index is 12.1. The molecular weight excluding hydrogens is 298 g/mol. The number of esters is 1. The van der Waals surface area contributed by atoms with Crippen LogP contribution in [0.5, 0.6) is 0 Å². The van der Waals surface area contributed by atoms with E-state index >= 15 is 0 Å². The monoisotopic (exact) mass is 319 g/mol. The lowest BCUT2D eigenvalue weighted by atomic mass is 9.93. The van der Waals surface area contributed by atoms with Crippen LogP contribution in [0.4, 0.5) is 0 Å². The van der Waals surface area contributed by atoms with E-state index in [1.807, 2.05) is 44.2 Å². The van der Waals surface area contributed by atoms with Crippen molar-refractivity contribution < 1.29 is 9.53 Å². The molecule has 0 radical (unpaired) electrons. The second-order valence-electron chi connectivity index (χ2n) is 5.81. The predicted octanol–water partition coefficient (Wildman–Crippen LogP) is 5.14. The first-order valence-corrected chi connectivity index (χ1v) is 8.14. The highest BCUT2D eigenvalue weighted by atomic mass is 16.5. The number of benzene rings is 2. The van der Waals surface area contributed by atoms with E-state index < -0.39 is 0 Å². The molecule has 24 heavy (non-hydrogen) atoms. The Morgan fingerprint density at radius 1 is 1.04 bits per heavy atom. The van der Waals surface area contributed by atoms with Crippen molar-refractivity contribution in [2.24, 2.45) is 0 Å². The Morgan fingerprint density at radius 3 is 2.50 bits per heavy atom. The predicted molar refractivity (Wildman–Crippen MR) is 97.1 cm³/mol. The van der Waals surface area contributed by atoms with Gasteiger partial charge in [-0.1, -0.05) is 48.5 Å². The molecule has 1 N–H and O–H groups in total. The second kappa shape index (κ2) is 6.75. The van der Waals surface area contributed by atoms with Crippen molar-refractivity contribution >= 4 is 5.97 Å². The molecule has 3 heteroatoms. The highest BCUT2D eigenvalue weighted by Crippen LogP contribution is 2.35. The summed E-state index contributed by atoms with van der Waals surface area (Å²) in [5.74, 6) is -0.286. The summed E-state index contributed by atoms with van der Waals surface area (Å²) in [7, 11) is 0. The summed E-state index contributed by atoms with van der Waals surface area (Å²) < 4.78 is 5.14. The van der Waals surface area contributed by atoms with Gasteiger partial charge in [0.1, 0.15) is 0 Å². The van der Waals surface area contributed by atoms with E-state index in [1.165, 1.54) is 11.1 Å². The Morgan fingerprint density at radius 2 is 1.79 bits per heavy atom. The van der Waals surface area contributed by atoms with Gasteiger partial charge in [-0.2, -0.15) is 0 Å². The molecule has 0 amide bonds. The van der Waals surface area contributed by atoms with Crippen molar-refractivity contribution in [2.75, 3.05) is 6.61 Å². The van der Waals surface area contributed by atoms with Crippen molar-refractivity contribution in [1.29, 1.82) is 0 Å². The molecule has 0 aliphatic heterocycles. The minimum atomic E-state index is -0.286. The Balaban J connectivity index is 2.13. The van der Waals surface area contributed by atoms with E-state index in [1.54, 1.807) is 0 Å². The molecular formula is C21H21NO2. The zero-order valence-corrected chi connectivity index (χ0v) is 14.2. The van der Waals surface area contributed by atoms with Gasteiger partial charge >= 0.3 is 5.97 Å². The molecule has 0 saturated carbocycles. The topological polar surface area (TPSA) is 42.1 Å². The maximum absolute atomic E-state index is 12.1. The van der Waals surface area contributed by atoms with Crippen LogP contribution in [0, 0.1) is 13.8 Å². The lowest BCUT2D eigenvalue weighted by Crippen LogP contribution is -2.04. The third-order valence-corrected chi connectivity index (χ3v) is 4.14. The zero-order chi connectivity index (χ0) is 17.1. The van der Waals surface area contributed by atoms with Crippen LogP contribution >= 0.6 is 0 Å².